The lowest BCUT2D eigenvalue weighted by Gasteiger charge is -2.35. The van der Waals surface area contributed by atoms with Crippen LogP contribution < -0.4 is 5.73 Å². The Morgan fingerprint density at radius 3 is 2.63 bits per heavy atom. The molecule has 19 heavy (non-hydrogen) atoms. The SMILES string of the molecule is CCCCCCCCC(=O)N1CCCCC1CCN. The van der Waals surface area contributed by atoms with Gasteiger partial charge in [0.1, 0.15) is 0 Å². The first-order chi connectivity index (χ1) is 9.29. The summed E-state index contributed by atoms with van der Waals surface area (Å²) in [6.07, 6.45) is 12.8. The molecule has 1 unspecified atom stereocenters. The van der Waals surface area contributed by atoms with Gasteiger partial charge in [0.2, 0.25) is 5.91 Å². The smallest absolute Gasteiger partial charge is 0.222 e. The van der Waals surface area contributed by atoms with Crippen molar-refractivity contribution in [1.82, 2.24) is 4.90 Å². The second kappa shape index (κ2) is 10.2. The molecule has 0 aromatic rings. The van der Waals surface area contributed by atoms with E-state index < -0.39 is 0 Å². The molecule has 112 valence electrons. The average Bonchev–Trinajstić information content (AvgIpc) is 2.43. The largest absolute Gasteiger partial charge is 0.340 e. The van der Waals surface area contributed by atoms with Gasteiger partial charge in [-0.2, -0.15) is 0 Å². The maximum Gasteiger partial charge on any atom is 0.222 e. The van der Waals surface area contributed by atoms with Gasteiger partial charge < -0.3 is 10.6 Å². The van der Waals surface area contributed by atoms with Crippen LogP contribution in [0.2, 0.25) is 0 Å². The molecule has 0 spiro atoms. The summed E-state index contributed by atoms with van der Waals surface area (Å²) in [6.45, 7) is 3.89. The molecule has 0 saturated carbocycles. The molecule has 0 aromatic heterocycles. The highest BCUT2D eigenvalue weighted by Crippen LogP contribution is 2.21. The summed E-state index contributed by atoms with van der Waals surface area (Å²) in [5, 5.41) is 0. The number of hydrogen-bond donors (Lipinski definition) is 1. The van der Waals surface area contributed by atoms with Crippen LogP contribution in [0.1, 0.15) is 77.6 Å². The van der Waals surface area contributed by atoms with Crippen molar-refractivity contribution in [2.24, 2.45) is 5.73 Å². The number of piperidine rings is 1. The Hall–Kier alpha value is -0.570. The van der Waals surface area contributed by atoms with Gasteiger partial charge in [0, 0.05) is 19.0 Å². The lowest BCUT2D eigenvalue weighted by atomic mass is 9.98. The second-order valence-corrected chi connectivity index (χ2v) is 5.83. The van der Waals surface area contributed by atoms with E-state index in [-0.39, 0.29) is 0 Å². The summed E-state index contributed by atoms with van der Waals surface area (Å²) < 4.78 is 0. The van der Waals surface area contributed by atoms with Gasteiger partial charge >= 0.3 is 0 Å². The Morgan fingerprint density at radius 1 is 1.16 bits per heavy atom. The molecule has 0 aromatic carbocycles. The number of unbranched alkanes of at least 4 members (excludes halogenated alkanes) is 5. The number of amides is 1. The summed E-state index contributed by atoms with van der Waals surface area (Å²) in [6, 6.07) is 0.423. The monoisotopic (exact) mass is 268 g/mol. The zero-order valence-electron chi connectivity index (χ0n) is 12.7. The second-order valence-electron chi connectivity index (χ2n) is 5.83. The maximum atomic E-state index is 12.3. The van der Waals surface area contributed by atoms with Gasteiger partial charge in [-0.3, -0.25) is 4.79 Å². The van der Waals surface area contributed by atoms with Crippen LogP contribution in [0.25, 0.3) is 0 Å². The number of hydrogen-bond acceptors (Lipinski definition) is 2. The van der Waals surface area contributed by atoms with Crippen LogP contribution in [0, 0.1) is 0 Å². The van der Waals surface area contributed by atoms with Gasteiger partial charge in [-0.1, -0.05) is 39.0 Å². The van der Waals surface area contributed by atoms with Crippen molar-refractivity contribution in [3.8, 4) is 0 Å². The Labute approximate surface area is 118 Å². The third-order valence-electron chi connectivity index (χ3n) is 4.19. The van der Waals surface area contributed by atoms with E-state index in [0.717, 1.165) is 32.2 Å². The van der Waals surface area contributed by atoms with E-state index in [1.54, 1.807) is 0 Å². The number of rotatable bonds is 9. The number of carbonyl (C=O) groups excluding carboxylic acids is 1. The zero-order valence-corrected chi connectivity index (χ0v) is 12.7. The van der Waals surface area contributed by atoms with Crippen molar-refractivity contribution >= 4 is 5.91 Å². The number of carbonyl (C=O) groups is 1. The highest BCUT2D eigenvalue weighted by Gasteiger charge is 2.25. The van der Waals surface area contributed by atoms with E-state index in [1.165, 1.54) is 44.9 Å². The van der Waals surface area contributed by atoms with Crippen LogP contribution in [0.5, 0.6) is 0 Å². The number of likely N-dealkylation sites (tertiary alicyclic amines) is 1. The van der Waals surface area contributed by atoms with Crippen LogP contribution in [0.15, 0.2) is 0 Å². The van der Waals surface area contributed by atoms with Crippen molar-refractivity contribution in [3.63, 3.8) is 0 Å². The van der Waals surface area contributed by atoms with Gasteiger partial charge in [0.25, 0.3) is 0 Å². The third kappa shape index (κ3) is 6.42. The Morgan fingerprint density at radius 2 is 1.89 bits per heavy atom. The first-order valence-corrected chi connectivity index (χ1v) is 8.29. The molecule has 3 heteroatoms. The van der Waals surface area contributed by atoms with E-state index >= 15 is 0 Å². The molecular formula is C16H32N2O. The van der Waals surface area contributed by atoms with Crippen molar-refractivity contribution in [2.75, 3.05) is 13.1 Å². The lowest BCUT2D eigenvalue weighted by Crippen LogP contribution is -2.44. The molecule has 2 N–H and O–H groups in total. The van der Waals surface area contributed by atoms with Crippen molar-refractivity contribution in [2.45, 2.75) is 83.6 Å². The average molecular weight is 268 g/mol. The van der Waals surface area contributed by atoms with Crippen LogP contribution in [-0.4, -0.2) is 29.9 Å². The minimum atomic E-state index is 0.369. The van der Waals surface area contributed by atoms with Gasteiger partial charge in [-0.25, -0.2) is 0 Å². The van der Waals surface area contributed by atoms with Gasteiger partial charge in [0.05, 0.1) is 0 Å². The van der Waals surface area contributed by atoms with E-state index in [4.69, 9.17) is 5.73 Å². The van der Waals surface area contributed by atoms with Crippen LogP contribution in [0.4, 0.5) is 0 Å². The van der Waals surface area contributed by atoms with Crippen molar-refractivity contribution < 1.29 is 4.79 Å². The Kier molecular flexibility index (Phi) is 8.89. The Bertz CT molecular complexity index is 241. The quantitative estimate of drug-likeness (QED) is 0.651. The number of nitrogens with zero attached hydrogens (tertiary/aromatic N) is 1. The van der Waals surface area contributed by atoms with Crippen LogP contribution in [0.3, 0.4) is 0 Å². The van der Waals surface area contributed by atoms with Gasteiger partial charge in [-0.15, -0.1) is 0 Å². The zero-order chi connectivity index (χ0) is 13.9. The van der Waals surface area contributed by atoms with E-state index in [1.807, 2.05) is 0 Å². The molecule has 1 aliphatic heterocycles. The molecule has 3 nitrogen and oxygen atoms in total. The van der Waals surface area contributed by atoms with E-state index in [0.29, 0.717) is 18.5 Å². The van der Waals surface area contributed by atoms with Crippen LogP contribution in [-0.2, 0) is 4.79 Å². The van der Waals surface area contributed by atoms with Gasteiger partial charge in [0.15, 0.2) is 0 Å². The van der Waals surface area contributed by atoms with E-state index in [9.17, 15) is 4.79 Å². The fourth-order valence-corrected chi connectivity index (χ4v) is 3.02. The minimum absolute atomic E-state index is 0.369. The lowest BCUT2D eigenvalue weighted by molar-refractivity contribution is -0.135. The molecule has 0 aliphatic carbocycles. The molecule has 0 radical (unpaired) electrons. The molecule has 1 aliphatic rings. The van der Waals surface area contributed by atoms with Crippen molar-refractivity contribution in [1.29, 1.82) is 0 Å². The molecule has 1 saturated heterocycles. The van der Waals surface area contributed by atoms with Gasteiger partial charge in [-0.05, 0) is 38.6 Å². The molecule has 1 amide bonds. The minimum Gasteiger partial charge on any atom is -0.340 e. The molecule has 1 rings (SSSR count). The molecule has 1 atom stereocenters. The predicted octanol–water partition coefficient (Wildman–Crippen LogP) is 3.47. The third-order valence-corrected chi connectivity index (χ3v) is 4.19. The summed E-state index contributed by atoms with van der Waals surface area (Å²) >= 11 is 0. The summed E-state index contributed by atoms with van der Waals surface area (Å²) in [5.74, 6) is 0.369. The van der Waals surface area contributed by atoms with Crippen molar-refractivity contribution in [3.05, 3.63) is 0 Å². The number of nitrogens with two attached hydrogens (primary N) is 1. The Balaban J connectivity index is 2.19. The van der Waals surface area contributed by atoms with E-state index in [2.05, 4.69) is 11.8 Å². The summed E-state index contributed by atoms with van der Waals surface area (Å²) in [7, 11) is 0. The fraction of sp³-hybridized carbons (Fsp3) is 0.938. The molecule has 1 fully saturated rings. The highest BCUT2D eigenvalue weighted by atomic mass is 16.2. The normalized spacial score (nSPS) is 19.7. The standard InChI is InChI=1S/C16H32N2O/c1-2-3-4-5-6-7-11-16(19)18-14-9-8-10-15(18)12-13-17/h15H,2-14,17H2,1H3. The summed E-state index contributed by atoms with van der Waals surface area (Å²) in [5.41, 5.74) is 5.65. The molecular weight excluding hydrogens is 236 g/mol. The molecule has 1 heterocycles. The first kappa shape index (κ1) is 16.5. The predicted molar refractivity (Wildman–Crippen MR) is 81.0 cm³/mol. The highest BCUT2D eigenvalue weighted by molar-refractivity contribution is 5.76. The maximum absolute atomic E-state index is 12.3. The first-order valence-electron chi connectivity index (χ1n) is 8.29. The molecule has 0 bridgehead atoms. The van der Waals surface area contributed by atoms with Crippen LogP contribution >= 0.6 is 0 Å². The fourth-order valence-electron chi connectivity index (χ4n) is 3.02. The summed E-state index contributed by atoms with van der Waals surface area (Å²) in [4.78, 5) is 14.4. The topological polar surface area (TPSA) is 46.3 Å².